The molecular weight excluding hydrogens is 1020 g/mol. The number of hydrogen-bond donors (Lipinski definition) is 14. The molecule has 14 N–H and O–H groups in total. The van der Waals surface area contributed by atoms with Gasteiger partial charge >= 0.3 is 0 Å². The predicted molar refractivity (Wildman–Crippen MR) is 261 cm³/mol. The van der Waals surface area contributed by atoms with E-state index in [1.165, 1.54) is 5.57 Å². The molecule has 438 valence electrons. The summed E-state index contributed by atoms with van der Waals surface area (Å²) in [4.78, 5) is 0. The van der Waals surface area contributed by atoms with Crippen LogP contribution in [0.15, 0.2) is 29.8 Å². The summed E-state index contributed by atoms with van der Waals surface area (Å²) in [6.07, 6.45) is -25.3. The molecule has 0 bridgehead atoms. The highest BCUT2D eigenvalue weighted by molar-refractivity contribution is 5.44. The van der Waals surface area contributed by atoms with E-state index in [-0.39, 0.29) is 40.4 Å². The lowest BCUT2D eigenvalue weighted by atomic mass is 9.47. The first kappa shape index (κ1) is 59.3. The Kier molecular flexibility index (Phi) is 18.4. The molecule has 4 aliphatic carbocycles. The Bertz CT molecular complexity index is 2150. The molecule has 7 fully saturated rings. The summed E-state index contributed by atoms with van der Waals surface area (Å²) in [6, 6.07) is 5.71. The Morgan fingerprint density at radius 1 is 0.584 bits per heavy atom. The molecule has 0 amide bonds. The molecule has 0 radical (unpaired) electrons. The maximum absolute atomic E-state index is 11.7. The Balaban J connectivity index is 0.910. The second kappa shape index (κ2) is 23.9. The van der Waals surface area contributed by atoms with Gasteiger partial charge in [0.1, 0.15) is 109 Å². The summed E-state index contributed by atoms with van der Waals surface area (Å²) in [5.74, 6) is 1.60. The van der Waals surface area contributed by atoms with Crippen LogP contribution in [0.2, 0.25) is 0 Å². The highest BCUT2D eigenvalue weighted by atomic mass is 16.8. The van der Waals surface area contributed by atoms with Crippen LogP contribution in [-0.4, -0.2) is 247 Å². The lowest BCUT2D eigenvalue weighted by molar-refractivity contribution is -0.364. The van der Waals surface area contributed by atoms with Gasteiger partial charge in [0, 0.05) is 5.56 Å². The predicted octanol–water partition coefficient (Wildman–Crippen LogP) is -2.99. The molecule has 77 heavy (non-hydrogen) atoms. The first-order valence-corrected chi connectivity index (χ1v) is 27.1. The van der Waals surface area contributed by atoms with Gasteiger partial charge in [-0.3, -0.25) is 0 Å². The third kappa shape index (κ3) is 10.7. The van der Waals surface area contributed by atoms with E-state index in [9.17, 15) is 71.5 Å². The fraction of sp³-hybridized carbons (Fsp3) is 0.849. The molecule has 0 aromatic heterocycles. The van der Waals surface area contributed by atoms with Crippen molar-refractivity contribution in [2.45, 2.75) is 207 Å². The zero-order valence-corrected chi connectivity index (χ0v) is 44.0. The quantitative estimate of drug-likeness (QED) is 0.0734. The van der Waals surface area contributed by atoms with Crippen LogP contribution in [0.25, 0.3) is 0 Å². The zero-order valence-electron chi connectivity index (χ0n) is 44.0. The van der Waals surface area contributed by atoms with E-state index >= 15 is 0 Å². The number of aliphatic hydroxyl groups excluding tert-OH is 14. The van der Waals surface area contributed by atoms with Crippen LogP contribution in [0.4, 0.5) is 0 Å². The molecule has 24 nitrogen and oxygen atoms in total. The van der Waals surface area contributed by atoms with E-state index in [0.717, 1.165) is 37.7 Å². The molecule has 1 aromatic rings. The highest BCUT2D eigenvalue weighted by Crippen LogP contribution is 2.70. The number of benzene rings is 1. The van der Waals surface area contributed by atoms with Crippen LogP contribution < -0.4 is 9.47 Å². The fourth-order valence-electron chi connectivity index (χ4n) is 15.0. The van der Waals surface area contributed by atoms with Crippen molar-refractivity contribution in [3.8, 4) is 11.5 Å². The van der Waals surface area contributed by atoms with Crippen LogP contribution in [0, 0.1) is 34.5 Å². The summed E-state index contributed by atoms with van der Waals surface area (Å²) in [5.41, 5.74) is 1.57. The zero-order chi connectivity index (χ0) is 55.6. The van der Waals surface area contributed by atoms with Gasteiger partial charge in [-0.15, -0.1) is 0 Å². The third-order valence-electron chi connectivity index (χ3n) is 19.1. The van der Waals surface area contributed by atoms with Crippen LogP contribution in [-0.2, 0) is 37.9 Å². The minimum absolute atomic E-state index is 0.157. The number of ether oxygens (including phenoxy) is 10. The molecule has 8 aliphatic rings. The fourth-order valence-corrected chi connectivity index (χ4v) is 15.0. The maximum Gasteiger partial charge on any atom is 0.187 e. The van der Waals surface area contributed by atoms with Gasteiger partial charge in [-0.2, -0.15) is 0 Å². The minimum Gasteiger partial charge on any atom is -0.497 e. The SMILES string of the molecule is COc1ccc(OC)c(C2C[C@H]3[C@@H]4CC=C5C[C@@H](O[C@@H]6O[C@H](CO)[C@@H](O[C@@H]7O[C@H](CO)[C@@H](O)[C@H](O)[C@H]7O)[C@H](O)[C@H]6O)CC[C@]5(C)[C@H]4CC[C@]3(C)[C@H]2C(C)O[C@@H]2O[C@H](CO)[C@@H](O[C@@H]3O[C@H](CO)[C@@H](O)[C@H](O)[C@H]3O)[C@H](O)[C@H]2O)c1. The molecule has 3 saturated carbocycles. The molecule has 29 atom stereocenters. The highest BCUT2D eigenvalue weighted by Gasteiger charge is 2.64. The van der Waals surface area contributed by atoms with Crippen molar-refractivity contribution in [1.82, 2.24) is 0 Å². The van der Waals surface area contributed by atoms with Crippen molar-refractivity contribution >= 4 is 0 Å². The average Bonchev–Trinajstić information content (AvgIpc) is 3.76. The van der Waals surface area contributed by atoms with Crippen LogP contribution >= 0.6 is 0 Å². The van der Waals surface area contributed by atoms with Crippen molar-refractivity contribution in [2.24, 2.45) is 34.5 Å². The number of aliphatic hydroxyl groups is 14. The van der Waals surface area contributed by atoms with Crippen molar-refractivity contribution in [3.63, 3.8) is 0 Å². The summed E-state index contributed by atoms with van der Waals surface area (Å²) < 4.78 is 59.6. The molecule has 1 aromatic carbocycles. The molecular formula is C53H82O24. The Morgan fingerprint density at radius 2 is 1.10 bits per heavy atom. The number of fused-ring (bicyclic) bond motifs is 5. The molecule has 24 heteroatoms. The summed E-state index contributed by atoms with van der Waals surface area (Å²) in [5, 5.41) is 149. The van der Waals surface area contributed by atoms with E-state index in [4.69, 9.17) is 47.4 Å². The van der Waals surface area contributed by atoms with Gasteiger partial charge in [0.15, 0.2) is 25.2 Å². The molecule has 4 heterocycles. The maximum atomic E-state index is 11.7. The van der Waals surface area contributed by atoms with Crippen LogP contribution in [0.5, 0.6) is 11.5 Å². The van der Waals surface area contributed by atoms with Crippen LogP contribution in [0.1, 0.15) is 77.2 Å². The topological polar surface area (TPSA) is 376 Å². The van der Waals surface area contributed by atoms with Crippen molar-refractivity contribution in [2.75, 3.05) is 40.6 Å². The third-order valence-corrected chi connectivity index (χ3v) is 19.1. The molecule has 4 saturated heterocycles. The first-order chi connectivity index (χ1) is 36.7. The Labute approximate surface area is 446 Å². The lowest BCUT2D eigenvalue weighted by Crippen LogP contribution is -2.65. The largest absolute Gasteiger partial charge is 0.497 e. The van der Waals surface area contributed by atoms with E-state index < -0.39 is 161 Å². The summed E-state index contributed by atoms with van der Waals surface area (Å²) in [7, 11) is 3.22. The monoisotopic (exact) mass is 1100 g/mol. The van der Waals surface area contributed by atoms with Crippen molar-refractivity contribution in [1.29, 1.82) is 0 Å². The normalized spacial score (nSPS) is 49.5. The minimum atomic E-state index is -1.81. The molecule has 4 aliphatic heterocycles. The molecule has 9 rings (SSSR count). The molecule has 0 spiro atoms. The number of allylic oxidation sites excluding steroid dienone is 1. The second-order valence-corrected chi connectivity index (χ2v) is 23.1. The second-order valence-electron chi connectivity index (χ2n) is 23.1. The standard InChI is InChI=1S/C53H82O24/c1-21(70-48-44(66)40(62)46(33(19-56)74-48)76-50-42(64)38(60)36(58)31(17-54)72-50)35-27(26-15-23(68-4)7-9-30(26)69-5)16-29-25-8-6-22-14-24(10-12-52(22,2)28(25)11-13-53(29,35)3)71-49-45(67)41(63)47(34(20-57)75-49)77-51-43(65)39(61)37(59)32(18-55)73-51/h6-7,9,15,21,24-25,27-29,31-51,54-67H,8,10-14,16-20H2,1-5H3/t21?,24-,25+,27?,28-,29-,31+,32+,33+,34+,35-,36+,37+,38-,39-,40+,41+,42+,43+,44+,45+,46+,47+,48+,49+,50-,51-,52-,53-/m0/s1. The van der Waals surface area contributed by atoms with Gasteiger partial charge in [0.25, 0.3) is 0 Å². The number of rotatable bonds is 16. The summed E-state index contributed by atoms with van der Waals surface area (Å²) >= 11 is 0. The van der Waals surface area contributed by atoms with Gasteiger partial charge in [-0.1, -0.05) is 25.5 Å². The first-order valence-electron chi connectivity index (χ1n) is 27.1. The van der Waals surface area contributed by atoms with Gasteiger partial charge in [0.2, 0.25) is 0 Å². The van der Waals surface area contributed by atoms with Gasteiger partial charge in [0.05, 0.1) is 52.9 Å². The van der Waals surface area contributed by atoms with E-state index in [1.54, 1.807) is 14.2 Å². The van der Waals surface area contributed by atoms with Gasteiger partial charge in [-0.25, -0.2) is 0 Å². The molecule has 2 unspecified atom stereocenters. The number of methoxy groups -OCH3 is 2. The Morgan fingerprint density at radius 3 is 1.65 bits per heavy atom. The van der Waals surface area contributed by atoms with Crippen molar-refractivity contribution < 1.29 is 119 Å². The summed E-state index contributed by atoms with van der Waals surface area (Å²) in [6.45, 7) is 3.70. The average molecular weight is 1100 g/mol. The van der Waals surface area contributed by atoms with E-state index in [2.05, 4.69) is 19.9 Å². The Hall–Kier alpha value is -2.32. The number of hydrogen-bond acceptors (Lipinski definition) is 24. The van der Waals surface area contributed by atoms with Gasteiger partial charge < -0.3 is 119 Å². The smallest absolute Gasteiger partial charge is 0.187 e. The van der Waals surface area contributed by atoms with Crippen molar-refractivity contribution in [3.05, 3.63) is 35.4 Å². The van der Waals surface area contributed by atoms with E-state index in [0.29, 0.717) is 24.3 Å². The van der Waals surface area contributed by atoms with Gasteiger partial charge in [-0.05, 0) is 110 Å². The van der Waals surface area contributed by atoms with Crippen LogP contribution in [0.3, 0.4) is 0 Å². The lowest BCUT2D eigenvalue weighted by Gasteiger charge is -2.58. The van der Waals surface area contributed by atoms with E-state index in [1.807, 2.05) is 25.1 Å².